The van der Waals surface area contributed by atoms with E-state index < -0.39 is 17.3 Å². The summed E-state index contributed by atoms with van der Waals surface area (Å²) in [6, 6.07) is 9.30. The topological polar surface area (TPSA) is 54.7 Å². The molecule has 0 saturated heterocycles. The molecule has 0 aliphatic heterocycles. The van der Waals surface area contributed by atoms with Crippen molar-refractivity contribution in [3.05, 3.63) is 47.5 Å². The van der Waals surface area contributed by atoms with Crippen LogP contribution in [0.5, 0.6) is 0 Å². The number of aromatic amines is 1. The number of alkyl halides is 3. The van der Waals surface area contributed by atoms with Crippen LogP contribution >= 0.6 is 0 Å². The Kier molecular flexibility index (Phi) is 2.95. The van der Waals surface area contributed by atoms with Gasteiger partial charge in [0.1, 0.15) is 11.6 Å². The average Bonchev–Trinajstić information content (AvgIpc) is 3.11. The van der Waals surface area contributed by atoms with Gasteiger partial charge in [-0.1, -0.05) is 49.3 Å². The molecule has 1 aromatic carbocycles. The maximum Gasteiger partial charge on any atom is 0.437 e. The number of halogens is 3. The molecule has 3 aromatic rings. The smallest absolute Gasteiger partial charge is 0.360 e. The highest BCUT2D eigenvalue weighted by molar-refractivity contribution is 5.74. The van der Waals surface area contributed by atoms with E-state index >= 15 is 0 Å². The van der Waals surface area contributed by atoms with E-state index in [1.165, 1.54) is 0 Å². The normalized spacial score (nSPS) is 15.9. The predicted octanol–water partition coefficient (Wildman–Crippen LogP) is 4.58. The summed E-state index contributed by atoms with van der Waals surface area (Å²) >= 11 is 0. The number of hydrogen-bond acceptors (Lipinski definition) is 3. The van der Waals surface area contributed by atoms with Gasteiger partial charge in [0.15, 0.2) is 5.69 Å². The number of benzene rings is 1. The van der Waals surface area contributed by atoms with Gasteiger partial charge in [-0.2, -0.15) is 13.2 Å². The standard InChI is InChI=1S/C17H14F3N3O/c1-16(2)8-10-11(13(23-24-10)17(18,19)20)12-14(16)22-15(21-12)9-6-4-3-5-7-9/h3-7H,8H2,1-2H3,(H,21,22). The molecule has 0 unspecified atom stereocenters. The number of fused-ring (bicyclic) bond motifs is 3. The maximum atomic E-state index is 13.3. The highest BCUT2D eigenvalue weighted by Crippen LogP contribution is 2.47. The molecule has 1 N–H and O–H groups in total. The van der Waals surface area contributed by atoms with Crippen LogP contribution in [-0.2, 0) is 18.0 Å². The van der Waals surface area contributed by atoms with E-state index in [1.807, 2.05) is 44.2 Å². The highest BCUT2D eigenvalue weighted by atomic mass is 19.4. The van der Waals surface area contributed by atoms with Gasteiger partial charge in [-0.15, -0.1) is 0 Å². The molecule has 4 nitrogen and oxygen atoms in total. The van der Waals surface area contributed by atoms with E-state index in [4.69, 9.17) is 4.52 Å². The molecule has 4 rings (SSSR count). The van der Waals surface area contributed by atoms with Crippen molar-refractivity contribution >= 4 is 0 Å². The van der Waals surface area contributed by atoms with Gasteiger partial charge in [0, 0.05) is 23.1 Å². The lowest BCUT2D eigenvalue weighted by atomic mass is 9.77. The first-order valence-electron chi connectivity index (χ1n) is 7.49. The van der Waals surface area contributed by atoms with Crippen molar-refractivity contribution in [3.63, 3.8) is 0 Å². The van der Waals surface area contributed by atoms with E-state index in [1.54, 1.807) is 0 Å². The SMILES string of the molecule is CC1(C)Cc2onc(C(F)(F)F)c2-c2nc(-c3ccccc3)[nH]c21. The van der Waals surface area contributed by atoms with Crippen molar-refractivity contribution in [3.8, 4) is 22.6 Å². The van der Waals surface area contributed by atoms with Crippen LogP contribution in [0, 0.1) is 0 Å². The Morgan fingerprint density at radius 3 is 2.54 bits per heavy atom. The Morgan fingerprint density at radius 1 is 1.17 bits per heavy atom. The summed E-state index contributed by atoms with van der Waals surface area (Å²) in [5, 5.41) is 3.26. The summed E-state index contributed by atoms with van der Waals surface area (Å²) in [6.07, 6.45) is -4.25. The average molecular weight is 333 g/mol. The van der Waals surface area contributed by atoms with Crippen LogP contribution in [0.1, 0.15) is 31.0 Å². The minimum absolute atomic E-state index is 0.0461. The van der Waals surface area contributed by atoms with Gasteiger partial charge in [-0.25, -0.2) is 4.98 Å². The molecule has 124 valence electrons. The maximum absolute atomic E-state index is 13.3. The first-order chi connectivity index (χ1) is 11.3. The fourth-order valence-electron chi connectivity index (χ4n) is 3.15. The molecule has 0 fully saturated rings. The molecule has 2 aromatic heterocycles. The zero-order chi connectivity index (χ0) is 17.1. The van der Waals surface area contributed by atoms with Crippen molar-refractivity contribution in [2.45, 2.75) is 31.9 Å². The summed E-state index contributed by atoms with van der Waals surface area (Å²) < 4.78 is 44.8. The summed E-state index contributed by atoms with van der Waals surface area (Å²) in [7, 11) is 0. The highest BCUT2D eigenvalue weighted by Gasteiger charge is 2.46. The van der Waals surface area contributed by atoms with E-state index in [9.17, 15) is 13.2 Å². The predicted molar refractivity (Wildman–Crippen MR) is 81.3 cm³/mol. The fourth-order valence-corrected chi connectivity index (χ4v) is 3.15. The van der Waals surface area contributed by atoms with Crippen molar-refractivity contribution in [1.29, 1.82) is 0 Å². The summed E-state index contributed by atoms with van der Waals surface area (Å²) in [5.41, 5.74) is 0.270. The lowest BCUT2D eigenvalue weighted by Crippen LogP contribution is -2.26. The molecule has 0 bridgehead atoms. The summed E-state index contributed by atoms with van der Waals surface area (Å²) in [5.74, 6) is 0.766. The number of nitrogens with zero attached hydrogens (tertiary/aromatic N) is 2. The van der Waals surface area contributed by atoms with Gasteiger partial charge in [0.05, 0.1) is 11.3 Å². The van der Waals surface area contributed by atoms with Gasteiger partial charge in [0.2, 0.25) is 0 Å². The number of nitrogens with one attached hydrogen (secondary N) is 1. The van der Waals surface area contributed by atoms with Crippen LogP contribution in [0.15, 0.2) is 34.9 Å². The molecule has 0 spiro atoms. The molecule has 2 heterocycles. The molecule has 1 aliphatic carbocycles. The third kappa shape index (κ3) is 2.15. The van der Waals surface area contributed by atoms with Crippen molar-refractivity contribution in [1.82, 2.24) is 15.1 Å². The van der Waals surface area contributed by atoms with Crippen LogP contribution in [0.3, 0.4) is 0 Å². The van der Waals surface area contributed by atoms with Gasteiger partial charge < -0.3 is 9.51 Å². The first-order valence-corrected chi connectivity index (χ1v) is 7.49. The van der Waals surface area contributed by atoms with Gasteiger partial charge in [-0.3, -0.25) is 0 Å². The number of hydrogen-bond donors (Lipinski definition) is 1. The van der Waals surface area contributed by atoms with Crippen molar-refractivity contribution in [2.75, 3.05) is 0 Å². The number of aromatic nitrogens is 3. The third-order valence-electron chi connectivity index (χ3n) is 4.30. The minimum atomic E-state index is -4.58. The van der Waals surface area contributed by atoms with E-state index in [2.05, 4.69) is 15.1 Å². The Hall–Kier alpha value is -2.57. The number of rotatable bonds is 1. The van der Waals surface area contributed by atoms with E-state index in [0.29, 0.717) is 17.9 Å². The van der Waals surface area contributed by atoms with Crippen molar-refractivity contribution < 1.29 is 17.7 Å². The zero-order valence-corrected chi connectivity index (χ0v) is 13.0. The van der Waals surface area contributed by atoms with Crippen LogP contribution < -0.4 is 0 Å². The molecule has 0 atom stereocenters. The van der Waals surface area contributed by atoms with Crippen LogP contribution in [0.25, 0.3) is 22.6 Å². The van der Waals surface area contributed by atoms with E-state index in [0.717, 1.165) is 5.56 Å². The molecule has 7 heteroatoms. The molecular formula is C17H14F3N3O. The largest absolute Gasteiger partial charge is 0.437 e. The van der Waals surface area contributed by atoms with Gasteiger partial charge >= 0.3 is 6.18 Å². The monoisotopic (exact) mass is 333 g/mol. The van der Waals surface area contributed by atoms with E-state index in [-0.39, 0.29) is 17.0 Å². The first kappa shape index (κ1) is 15.0. The summed E-state index contributed by atoms with van der Waals surface area (Å²) in [6.45, 7) is 3.88. The van der Waals surface area contributed by atoms with Gasteiger partial charge in [-0.05, 0) is 0 Å². The second-order valence-electron chi connectivity index (χ2n) is 6.56. The van der Waals surface area contributed by atoms with Gasteiger partial charge in [0.25, 0.3) is 0 Å². The molecule has 0 amide bonds. The minimum Gasteiger partial charge on any atom is -0.360 e. The third-order valence-corrected chi connectivity index (χ3v) is 4.30. The molecule has 24 heavy (non-hydrogen) atoms. The van der Waals surface area contributed by atoms with Crippen molar-refractivity contribution in [2.24, 2.45) is 0 Å². The quantitative estimate of drug-likeness (QED) is 0.709. The Morgan fingerprint density at radius 2 is 1.88 bits per heavy atom. The lowest BCUT2D eigenvalue weighted by Gasteiger charge is -2.27. The summed E-state index contributed by atoms with van der Waals surface area (Å²) in [4.78, 5) is 7.65. The molecule has 0 radical (unpaired) electrons. The Balaban J connectivity index is 1.96. The molecule has 1 aliphatic rings. The van der Waals surface area contributed by atoms with Crippen LogP contribution in [-0.4, -0.2) is 15.1 Å². The number of H-pyrrole nitrogens is 1. The Bertz CT molecular complexity index is 907. The molecular weight excluding hydrogens is 319 g/mol. The van der Waals surface area contributed by atoms with Crippen LogP contribution in [0.2, 0.25) is 0 Å². The second kappa shape index (κ2) is 4.72. The fraction of sp³-hybridized carbons (Fsp3) is 0.294. The lowest BCUT2D eigenvalue weighted by molar-refractivity contribution is -0.142. The van der Waals surface area contributed by atoms with Crippen LogP contribution in [0.4, 0.5) is 13.2 Å². The zero-order valence-electron chi connectivity index (χ0n) is 13.0. The number of imidazole rings is 1. The Labute approximate surface area is 135 Å². The second-order valence-corrected chi connectivity index (χ2v) is 6.56. The molecule has 0 saturated carbocycles.